The molecule has 0 unspecified atom stereocenters. The number of hydrogen-bond donors (Lipinski definition) is 1. The summed E-state index contributed by atoms with van der Waals surface area (Å²) in [5, 5.41) is 3.25. The van der Waals surface area contributed by atoms with Crippen molar-refractivity contribution in [2.75, 3.05) is 17.4 Å². The highest BCUT2D eigenvalue weighted by Gasteiger charge is 2.35. The van der Waals surface area contributed by atoms with Gasteiger partial charge in [0.25, 0.3) is 10.0 Å². The molecule has 242 valence electrons. The number of sulfonamides is 1. The average Bonchev–Trinajstić information content (AvgIpc) is 3.03. The second-order valence-electron chi connectivity index (χ2n) is 11.7. The highest BCUT2D eigenvalue weighted by Crippen LogP contribution is 2.30. The Morgan fingerprint density at radius 3 is 2.15 bits per heavy atom. The van der Waals surface area contributed by atoms with Crippen molar-refractivity contribution in [3.63, 3.8) is 0 Å². The monoisotopic (exact) mass is 663 g/mol. The van der Waals surface area contributed by atoms with Gasteiger partial charge < -0.3 is 10.2 Å². The van der Waals surface area contributed by atoms with Gasteiger partial charge in [-0.2, -0.15) is 0 Å². The van der Waals surface area contributed by atoms with Crippen LogP contribution >= 0.6 is 11.6 Å². The Kier molecular flexibility index (Phi) is 11.6. The average molecular weight is 664 g/mol. The van der Waals surface area contributed by atoms with E-state index in [1.807, 2.05) is 51.1 Å². The minimum absolute atomic E-state index is 0.00544. The summed E-state index contributed by atoms with van der Waals surface area (Å²) in [4.78, 5) is 29.8. The van der Waals surface area contributed by atoms with E-state index in [-0.39, 0.29) is 35.4 Å². The SMILES string of the molecule is Cc1ccc(S(=O)(=O)N(CC(=O)N(Cc2ccc(F)cc2)[C@H](Cc2ccccc2)C(=O)NCC(C)C)c2cc(Cl)ccc2C)cc1. The lowest BCUT2D eigenvalue weighted by atomic mass is 10.0. The number of carbonyl (C=O) groups excluding carboxylic acids is 2. The van der Waals surface area contributed by atoms with Gasteiger partial charge in [0.15, 0.2) is 0 Å². The van der Waals surface area contributed by atoms with Crippen LogP contribution in [0.1, 0.15) is 36.1 Å². The molecule has 0 aromatic heterocycles. The first-order chi connectivity index (χ1) is 21.8. The zero-order valence-electron chi connectivity index (χ0n) is 26.4. The molecule has 1 N–H and O–H groups in total. The van der Waals surface area contributed by atoms with E-state index in [0.29, 0.717) is 22.7 Å². The van der Waals surface area contributed by atoms with E-state index >= 15 is 0 Å². The maximum absolute atomic E-state index is 14.5. The molecule has 4 aromatic rings. The normalized spacial score (nSPS) is 12.1. The third kappa shape index (κ3) is 8.95. The largest absolute Gasteiger partial charge is 0.354 e. The number of nitrogens with zero attached hydrogens (tertiary/aromatic N) is 2. The molecule has 4 rings (SSSR count). The molecule has 0 aliphatic rings. The number of anilines is 1. The van der Waals surface area contributed by atoms with Crippen LogP contribution in [0.5, 0.6) is 0 Å². The number of rotatable bonds is 13. The maximum atomic E-state index is 14.5. The molecule has 0 radical (unpaired) electrons. The molecule has 10 heteroatoms. The number of halogens is 2. The number of amides is 2. The third-order valence-electron chi connectivity index (χ3n) is 7.55. The summed E-state index contributed by atoms with van der Waals surface area (Å²) in [6.07, 6.45) is 0.179. The number of hydrogen-bond acceptors (Lipinski definition) is 4. The molecule has 0 aliphatic carbocycles. The van der Waals surface area contributed by atoms with Gasteiger partial charge in [0, 0.05) is 24.5 Å². The molecular formula is C36H39ClFN3O4S. The Bertz CT molecular complexity index is 1750. The summed E-state index contributed by atoms with van der Waals surface area (Å²) >= 11 is 6.34. The van der Waals surface area contributed by atoms with Crippen LogP contribution in [-0.2, 0) is 32.6 Å². The van der Waals surface area contributed by atoms with E-state index in [9.17, 15) is 22.4 Å². The minimum Gasteiger partial charge on any atom is -0.354 e. The molecule has 1 atom stereocenters. The molecule has 0 fully saturated rings. The molecule has 7 nitrogen and oxygen atoms in total. The van der Waals surface area contributed by atoms with Crippen molar-refractivity contribution in [3.05, 3.63) is 130 Å². The number of nitrogens with one attached hydrogen (secondary N) is 1. The molecule has 0 bridgehead atoms. The standard InChI is InChI=1S/C36H39ClFN3O4S/c1-25(2)22-39-36(43)34(20-28-8-6-5-7-9-28)40(23-29-13-16-31(38)17-14-29)35(42)24-41(33-21-30(37)15-12-27(33)4)46(44,45)32-18-10-26(3)11-19-32/h5-19,21,25,34H,20,22-24H2,1-4H3,(H,39,43)/t34-/m1/s1. The first kappa shape index (κ1) is 34.7. The van der Waals surface area contributed by atoms with Gasteiger partial charge in [-0.15, -0.1) is 0 Å². The second-order valence-corrected chi connectivity index (χ2v) is 14.0. The van der Waals surface area contributed by atoms with Crippen LogP contribution in [0.2, 0.25) is 5.02 Å². The van der Waals surface area contributed by atoms with Crippen molar-refractivity contribution in [1.82, 2.24) is 10.2 Å². The van der Waals surface area contributed by atoms with Crippen molar-refractivity contribution in [2.45, 2.75) is 51.6 Å². The van der Waals surface area contributed by atoms with E-state index in [4.69, 9.17) is 11.6 Å². The number of carbonyl (C=O) groups is 2. The molecule has 2 amide bonds. The van der Waals surface area contributed by atoms with Crippen LogP contribution in [0.15, 0.2) is 102 Å². The van der Waals surface area contributed by atoms with E-state index in [0.717, 1.165) is 15.4 Å². The van der Waals surface area contributed by atoms with Crippen LogP contribution in [0, 0.1) is 25.6 Å². The number of benzene rings is 4. The third-order valence-corrected chi connectivity index (χ3v) is 9.56. The highest BCUT2D eigenvalue weighted by atomic mass is 35.5. The van der Waals surface area contributed by atoms with Gasteiger partial charge in [0.2, 0.25) is 11.8 Å². The Morgan fingerprint density at radius 1 is 0.870 bits per heavy atom. The van der Waals surface area contributed by atoms with E-state index in [1.165, 1.54) is 35.2 Å². The fraction of sp³-hybridized carbons (Fsp3) is 0.278. The Balaban J connectivity index is 1.82. The number of aryl methyl sites for hydroxylation is 2. The van der Waals surface area contributed by atoms with Crippen LogP contribution in [0.4, 0.5) is 10.1 Å². The summed E-state index contributed by atoms with van der Waals surface area (Å²) in [6.45, 7) is 7.24. The lowest BCUT2D eigenvalue weighted by molar-refractivity contribution is -0.140. The zero-order valence-corrected chi connectivity index (χ0v) is 28.0. The minimum atomic E-state index is -4.27. The molecule has 46 heavy (non-hydrogen) atoms. The predicted octanol–water partition coefficient (Wildman–Crippen LogP) is 6.70. The Morgan fingerprint density at radius 2 is 1.52 bits per heavy atom. The predicted molar refractivity (Wildman–Crippen MR) is 181 cm³/mol. The van der Waals surface area contributed by atoms with Gasteiger partial charge in [-0.05, 0) is 72.9 Å². The molecule has 0 spiro atoms. The van der Waals surface area contributed by atoms with Crippen molar-refractivity contribution in [3.8, 4) is 0 Å². The second kappa shape index (κ2) is 15.4. The molecule has 4 aromatic carbocycles. The fourth-order valence-corrected chi connectivity index (χ4v) is 6.60. The first-order valence-corrected chi connectivity index (χ1v) is 16.9. The van der Waals surface area contributed by atoms with Crippen LogP contribution < -0.4 is 9.62 Å². The van der Waals surface area contributed by atoms with Gasteiger partial charge in [-0.3, -0.25) is 13.9 Å². The van der Waals surface area contributed by atoms with Crippen molar-refractivity contribution < 1.29 is 22.4 Å². The molecule has 0 saturated heterocycles. The van der Waals surface area contributed by atoms with Crippen molar-refractivity contribution >= 4 is 39.1 Å². The van der Waals surface area contributed by atoms with Gasteiger partial charge >= 0.3 is 0 Å². The topological polar surface area (TPSA) is 86.8 Å². The van der Waals surface area contributed by atoms with Crippen molar-refractivity contribution in [2.24, 2.45) is 5.92 Å². The zero-order chi connectivity index (χ0) is 33.4. The smallest absolute Gasteiger partial charge is 0.264 e. The Labute approximate surface area is 276 Å². The summed E-state index contributed by atoms with van der Waals surface area (Å²) in [5.74, 6) is -1.27. The molecular weight excluding hydrogens is 625 g/mol. The molecule has 0 saturated carbocycles. The van der Waals surface area contributed by atoms with Gasteiger partial charge in [-0.1, -0.05) is 91.7 Å². The molecule has 0 aliphatic heterocycles. The van der Waals surface area contributed by atoms with Gasteiger partial charge in [-0.25, -0.2) is 12.8 Å². The van der Waals surface area contributed by atoms with Gasteiger partial charge in [0.05, 0.1) is 10.6 Å². The van der Waals surface area contributed by atoms with E-state index in [1.54, 1.807) is 43.3 Å². The van der Waals surface area contributed by atoms with Crippen LogP contribution in [0.25, 0.3) is 0 Å². The highest BCUT2D eigenvalue weighted by molar-refractivity contribution is 7.92. The van der Waals surface area contributed by atoms with Crippen LogP contribution in [-0.4, -0.2) is 44.3 Å². The first-order valence-electron chi connectivity index (χ1n) is 15.1. The molecule has 0 heterocycles. The lowest BCUT2D eigenvalue weighted by Crippen LogP contribution is -2.53. The summed E-state index contributed by atoms with van der Waals surface area (Å²) in [6, 6.07) is 25.2. The van der Waals surface area contributed by atoms with Gasteiger partial charge in [0.1, 0.15) is 18.4 Å². The van der Waals surface area contributed by atoms with Crippen LogP contribution in [0.3, 0.4) is 0 Å². The van der Waals surface area contributed by atoms with E-state index in [2.05, 4.69) is 5.32 Å². The van der Waals surface area contributed by atoms with E-state index < -0.39 is 34.3 Å². The Hall–Kier alpha value is -4.21. The summed E-state index contributed by atoms with van der Waals surface area (Å²) in [5.41, 5.74) is 3.11. The summed E-state index contributed by atoms with van der Waals surface area (Å²) < 4.78 is 43.3. The quantitative estimate of drug-likeness (QED) is 0.172. The maximum Gasteiger partial charge on any atom is 0.264 e. The fourth-order valence-electron chi connectivity index (χ4n) is 4.97. The lowest BCUT2D eigenvalue weighted by Gasteiger charge is -2.34. The van der Waals surface area contributed by atoms with Crippen molar-refractivity contribution in [1.29, 1.82) is 0 Å². The summed E-state index contributed by atoms with van der Waals surface area (Å²) in [7, 11) is -4.27.